The molecular formula is C17H30N4O. The number of rotatable bonds is 6. The summed E-state index contributed by atoms with van der Waals surface area (Å²) in [6, 6.07) is 0.490. The Kier molecular flexibility index (Phi) is 5.27. The number of hydrogen-bond acceptors (Lipinski definition) is 3. The van der Waals surface area contributed by atoms with Gasteiger partial charge in [0.2, 0.25) is 5.91 Å². The maximum Gasteiger partial charge on any atom is 0.222 e. The van der Waals surface area contributed by atoms with E-state index in [0.717, 1.165) is 5.56 Å². The predicted octanol–water partition coefficient (Wildman–Crippen LogP) is 1.87. The van der Waals surface area contributed by atoms with E-state index in [1.807, 2.05) is 19.4 Å². The number of nitrogens with zero attached hydrogens (tertiary/aromatic N) is 2. The third-order valence-corrected chi connectivity index (χ3v) is 4.96. The zero-order valence-corrected chi connectivity index (χ0v) is 14.3. The first-order chi connectivity index (χ1) is 10.3. The molecule has 1 aromatic rings. The van der Waals surface area contributed by atoms with Gasteiger partial charge in [-0.25, -0.2) is 0 Å². The van der Waals surface area contributed by atoms with Gasteiger partial charge < -0.3 is 11.1 Å². The van der Waals surface area contributed by atoms with Crippen molar-refractivity contribution >= 4 is 5.91 Å². The van der Waals surface area contributed by atoms with Gasteiger partial charge in [0.25, 0.3) is 0 Å². The fraction of sp³-hybridized carbons (Fsp3) is 0.765. The second-order valence-corrected chi connectivity index (χ2v) is 7.72. The SMILES string of the molecule is C[C@@H]1CC(C)(C)CC[C@H]1NC[C@H](Cc1cnn(C)c1)C(N)=O. The molecular weight excluding hydrogens is 276 g/mol. The quantitative estimate of drug-likeness (QED) is 0.842. The Hall–Kier alpha value is -1.36. The van der Waals surface area contributed by atoms with E-state index in [2.05, 4.69) is 31.2 Å². The molecule has 1 heterocycles. The molecule has 1 amide bonds. The lowest BCUT2D eigenvalue weighted by Crippen LogP contribution is -2.45. The van der Waals surface area contributed by atoms with Gasteiger partial charge in [-0.3, -0.25) is 9.48 Å². The van der Waals surface area contributed by atoms with Gasteiger partial charge in [0.05, 0.1) is 12.1 Å². The second kappa shape index (κ2) is 6.82. The minimum atomic E-state index is -0.236. The summed E-state index contributed by atoms with van der Waals surface area (Å²) < 4.78 is 1.76. The Morgan fingerprint density at radius 3 is 2.86 bits per heavy atom. The molecule has 0 bridgehead atoms. The minimum absolute atomic E-state index is 0.175. The van der Waals surface area contributed by atoms with Crippen LogP contribution in [0.2, 0.25) is 0 Å². The smallest absolute Gasteiger partial charge is 0.222 e. The van der Waals surface area contributed by atoms with E-state index in [4.69, 9.17) is 5.73 Å². The summed E-state index contributed by atoms with van der Waals surface area (Å²) in [5.74, 6) is 0.224. The van der Waals surface area contributed by atoms with E-state index in [0.29, 0.717) is 30.3 Å². The topological polar surface area (TPSA) is 72.9 Å². The lowest BCUT2D eigenvalue weighted by atomic mass is 9.70. The number of primary amides is 1. The number of hydrogen-bond donors (Lipinski definition) is 2. The van der Waals surface area contributed by atoms with E-state index in [-0.39, 0.29) is 11.8 Å². The minimum Gasteiger partial charge on any atom is -0.369 e. The molecule has 5 nitrogen and oxygen atoms in total. The van der Waals surface area contributed by atoms with Crippen LogP contribution in [-0.2, 0) is 18.3 Å². The van der Waals surface area contributed by atoms with E-state index in [1.165, 1.54) is 19.3 Å². The van der Waals surface area contributed by atoms with Gasteiger partial charge in [-0.15, -0.1) is 0 Å². The Balaban J connectivity index is 1.88. The van der Waals surface area contributed by atoms with Crippen molar-refractivity contribution in [3.05, 3.63) is 18.0 Å². The Morgan fingerprint density at radius 1 is 1.59 bits per heavy atom. The van der Waals surface area contributed by atoms with Crippen LogP contribution in [-0.4, -0.2) is 28.3 Å². The molecule has 5 heteroatoms. The molecule has 2 rings (SSSR count). The van der Waals surface area contributed by atoms with E-state index in [1.54, 1.807) is 4.68 Å². The van der Waals surface area contributed by atoms with Gasteiger partial charge in [0, 0.05) is 25.8 Å². The molecule has 0 radical (unpaired) electrons. The van der Waals surface area contributed by atoms with E-state index >= 15 is 0 Å². The van der Waals surface area contributed by atoms with Crippen molar-refractivity contribution in [1.82, 2.24) is 15.1 Å². The fourth-order valence-electron chi connectivity index (χ4n) is 3.68. The monoisotopic (exact) mass is 306 g/mol. The van der Waals surface area contributed by atoms with Crippen LogP contribution >= 0.6 is 0 Å². The highest BCUT2D eigenvalue weighted by Gasteiger charge is 2.32. The third-order valence-electron chi connectivity index (χ3n) is 4.96. The number of aryl methyl sites for hydroxylation is 1. The Bertz CT molecular complexity index is 509. The first kappa shape index (κ1) is 17.0. The molecule has 0 aromatic carbocycles. The number of carbonyl (C=O) groups is 1. The van der Waals surface area contributed by atoms with Crippen molar-refractivity contribution in [1.29, 1.82) is 0 Å². The van der Waals surface area contributed by atoms with Crippen molar-refractivity contribution < 1.29 is 4.79 Å². The number of nitrogens with one attached hydrogen (secondary N) is 1. The summed E-state index contributed by atoms with van der Waals surface area (Å²) in [6.45, 7) is 7.64. The van der Waals surface area contributed by atoms with Crippen LogP contribution in [0.4, 0.5) is 0 Å². The Morgan fingerprint density at radius 2 is 2.32 bits per heavy atom. The highest BCUT2D eigenvalue weighted by Crippen LogP contribution is 2.38. The first-order valence-electron chi connectivity index (χ1n) is 8.27. The Labute approximate surface area is 133 Å². The average Bonchev–Trinajstić information content (AvgIpc) is 2.80. The largest absolute Gasteiger partial charge is 0.369 e. The standard InChI is InChI=1S/C17H30N4O/c1-12-8-17(2,3)6-5-15(12)19-10-14(16(18)22)7-13-9-20-21(4)11-13/h9,11-12,14-15,19H,5-8,10H2,1-4H3,(H2,18,22)/t12-,14+,15-/m1/s1. The lowest BCUT2D eigenvalue weighted by Gasteiger charge is -2.40. The maximum absolute atomic E-state index is 11.7. The summed E-state index contributed by atoms with van der Waals surface area (Å²) in [4.78, 5) is 11.7. The van der Waals surface area contributed by atoms with E-state index in [9.17, 15) is 4.79 Å². The third kappa shape index (κ3) is 4.57. The van der Waals surface area contributed by atoms with Crippen LogP contribution < -0.4 is 11.1 Å². The van der Waals surface area contributed by atoms with Gasteiger partial charge in [0.1, 0.15) is 0 Å². The van der Waals surface area contributed by atoms with Gasteiger partial charge in [-0.05, 0) is 42.6 Å². The van der Waals surface area contributed by atoms with Crippen LogP contribution in [0.15, 0.2) is 12.4 Å². The second-order valence-electron chi connectivity index (χ2n) is 7.72. The molecule has 0 saturated heterocycles. The number of amides is 1. The molecule has 124 valence electrons. The molecule has 1 saturated carbocycles. The summed E-state index contributed by atoms with van der Waals surface area (Å²) >= 11 is 0. The van der Waals surface area contributed by atoms with E-state index < -0.39 is 0 Å². The molecule has 22 heavy (non-hydrogen) atoms. The summed E-state index contributed by atoms with van der Waals surface area (Å²) in [5.41, 5.74) is 7.08. The van der Waals surface area contributed by atoms with Crippen LogP contribution in [0.3, 0.4) is 0 Å². The molecule has 3 N–H and O–H groups in total. The normalized spacial score (nSPS) is 25.8. The average molecular weight is 306 g/mol. The zero-order valence-electron chi connectivity index (χ0n) is 14.3. The van der Waals surface area contributed by atoms with Crippen molar-refractivity contribution in [2.75, 3.05) is 6.54 Å². The molecule has 0 aliphatic heterocycles. The summed E-state index contributed by atoms with van der Waals surface area (Å²) in [6.07, 6.45) is 8.05. The predicted molar refractivity (Wildman–Crippen MR) is 88.2 cm³/mol. The maximum atomic E-state index is 11.7. The zero-order chi connectivity index (χ0) is 16.3. The molecule has 1 fully saturated rings. The number of carbonyl (C=O) groups excluding carboxylic acids is 1. The molecule has 0 spiro atoms. The number of aromatic nitrogens is 2. The fourth-order valence-corrected chi connectivity index (χ4v) is 3.68. The molecule has 1 aliphatic carbocycles. The van der Waals surface area contributed by atoms with Crippen molar-refractivity contribution in [2.24, 2.45) is 30.0 Å². The van der Waals surface area contributed by atoms with Crippen molar-refractivity contribution in [3.63, 3.8) is 0 Å². The molecule has 1 aliphatic rings. The highest BCUT2D eigenvalue weighted by atomic mass is 16.1. The molecule has 1 aromatic heterocycles. The van der Waals surface area contributed by atoms with Crippen LogP contribution in [0.1, 0.15) is 45.6 Å². The van der Waals surface area contributed by atoms with Crippen LogP contribution in [0, 0.1) is 17.3 Å². The van der Waals surface area contributed by atoms with Crippen LogP contribution in [0.5, 0.6) is 0 Å². The first-order valence-corrected chi connectivity index (χ1v) is 8.27. The molecule has 3 atom stereocenters. The number of nitrogens with two attached hydrogens (primary N) is 1. The highest BCUT2D eigenvalue weighted by molar-refractivity contribution is 5.77. The van der Waals surface area contributed by atoms with Crippen LogP contribution in [0.25, 0.3) is 0 Å². The van der Waals surface area contributed by atoms with Crippen molar-refractivity contribution in [3.8, 4) is 0 Å². The molecule has 0 unspecified atom stereocenters. The van der Waals surface area contributed by atoms with Gasteiger partial charge in [-0.2, -0.15) is 5.10 Å². The van der Waals surface area contributed by atoms with Crippen molar-refractivity contribution in [2.45, 2.75) is 52.5 Å². The lowest BCUT2D eigenvalue weighted by molar-refractivity contribution is -0.121. The summed E-state index contributed by atoms with van der Waals surface area (Å²) in [7, 11) is 1.88. The van der Waals surface area contributed by atoms with Gasteiger partial charge in [-0.1, -0.05) is 20.8 Å². The van der Waals surface area contributed by atoms with Gasteiger partial charge in [0.15, 0.2) is 0 Å². The summed E-state index contributed by atoms with van der Waals surface area (Å²) in [5, 5.41) is 7.74. The van der Waals surface area contributed by atoms with Gasteiger partial charge >= 0.3 is 0 Å².